The summed E-state index contributed by atoms with van der Waals surface area (Å²) in [5.41, 5.74) is 1.41. The number of imidazole rings is 1. The molecule has 0 unspecified atom stereocenters. The number of H-pyrrole nitrogens is 1. The van der Waals surface area contributed by atoms with Gasteiger partial charge in [-0.2, -0.15) is 0 Å². The van der Waals surface area contributed by atoms with Crippen LogP contribution in [0.3, 0.4) is 0 Å². The number of nitrogens with one attached hydrogen (secondary N) is 1. The fraction of sp³-hybridized carbons (Fsp3) is 0.273. The van der Waals surface area contributed by atoms with Crippen LogP contribution in [0.5, 0.6) is 0 Å². The number of carbonyl (C=O) groups is 1. The van der Waals surface area contributed by atoms with E-state index in [4.69, 9.17) is 0 Å². The van der Waals surface area contributed by atoms with E-state index in [1.807, 2.05) is 6.92 Å². The summed E-state index contributed by atoms with van der Waals surface area (Å²) in [6, 6.07) is 5.15. The van der Waals surface area contributed by atoms with Crippen LogP contribution >= 0.6 is 0 Å². The minimum atomic E-state index is -0.449. The van der Waals surface area contributed by atoms with Gasteiger partial charge in [-0.3, -0.25) is 4.57 Å². The van der Waals surface area contributed by atoms with Gasteiger partial charge in [0, 0.05) is 6.54 Å². The number of hydrogen-bond donors (Lipinski definition) is 1. The van der Waals surface area contributed by atoms with Gasteiger partial charge in [-0.15, -0.1) is 0 Å². The number of nitrogens with zero attached hydrogens (tertiary/aromatic N) is 1. The molecule has 2 rings (SSSR count). The number of aryl methyl sites for hydroxylation is 1. The topological polar surface area (TPSA) is 64.1 Å². The lowest BCUT2D eigenvalue weighted by molar-refractivity contribution is 0.0603. The predicted molar refractivity (Wildman–Crippen MR) is 59.6 cm³/mol. The third-order valence-corrected chi connectivity index (χ3v) is 2.53. The number of benzene rings is 1. The van der Waals surface area contributed by atoms with Crippen LogP contribution in [0.15, 0.2) is 23.0 Å². The number of aromatic amines is 1. The zero-order valence-electron chi connectivity index (χ0n) is 9.11. The molecule has 0 aliphatic rings. The fourth-order valence-electron chi connectivity index (χ4n) is 1.77. The number of rotatable bonds is 2. The molecule has 1 aromatic heterocycles. The summed E-state index contributed by atoms with van der Waals surface area (Å²) in [4.78, 5) is 25.7. The van der Waals surface area contributed by atoms with Gasteiger partial charge in [0.15, 0.2) is 0 Å². The summed E-state index contributed by atoms with van der Waals surface area (Å²) in [7, 11) is 1.32. The summed E-state index contributed by atoms with van der Waals surface area (Å²) in [6.45, 7) is 2.43. The van der Waals surface area contributed by atoms with Crippen molar-refractivity contribution < 1.29 is 9.53 Å². The van der Waals surface area contributed by atoms with Gasteiger partial charge in [-0.25, -0.2) is 9.59 Å². The molecule has 0 radical (unpaired) electrons. The van der Waals surface area contributed by atoms with Crippen LogP contribution < -0.4 is 5.69 Å². The predicted octanol–water partition coefficient (Wildman–Crippen LogP) is 1.14. The molecule has 0 amide bonds. The van der Waals surface area contributed by atoms with E-state index in [9.17, 15) is 9.59 Å². The molecule has 0 aliphatic carbocycles. The Bertz CT molecular complexity index is 595. The second-order valence-electron chi connectivity index (χ2n) is 3.37. The summed E-state index contributed by atoms with van der Waals surface area (Å²) in [6.07, 6.45) is 0. The molecular formula is C11H12N2O3. The first-order valence-electron chi connectivity index (χ1n) is 4.99. The van der Waals surface area contributed by atoms with Crippen molar-refractivity contribution in [3.63, 3.8) is 0 Å². The first-order valence-corrected chi connectivity index (χ1v) is 4.99. The summed E-state index contributed by atoms with van der Waals surface area (Å²) < 4.78 is 6.23. The highest BCUT2D eigenvalue weighted by molar-refractivity contribution is 6.01. The highest BCUT2D eigenvalue weighted by Gasteiger charge is 2.14. The van der Waals surface area contributed by atoms with Crippen molar-refractivity contribution in [2.75, 3.05) is 7.11 Å². The molecule has 2 aromatic rings. The summed E-state index contributed by atoms with van der Waals surface area (Å²) in [5, 5.41) is 0. The van der Waals surface area contributed by atoms with E-state index in [1.54, 1.807) is 22.8 Å². The van der Waals surface area contributed by atoms with Gasteiger partial charge < -0.3 is 9.72 Å². The molecule has 5 nitrogen and oxygen atoms in total. The van der Waals surface area contributed by atoms with Crippen LogP contribution in [0, 0.1) is 0 Å². The Balaban J connectivity index is 2.79. The van der Waals surface area contributed by atoms with Crippen molar-refractivity contribution in [2.45, 2.75) is 13.5 Å². The van der Waals surface area contributed by atoms with Crippen molar-refractivity contribution in [2.24, 2.45) is 0 Å². The van der Waals surface area contributed by atoms with E-state index < -0.39 is 5.97 Å². The average Bonchev–Trinajstić information content (AvgIpc) is 2.63. The Hall–Kier alpha value is -2.04. The maximum Gasteiger partial charge on any atom is 0.340 e. The third kappa shape index (κ3) is 1.41. The number of ether oxygens (including phenoxy) is 1. The van der Waals surface area contributed by atoms with Gasteiger partial charge in [0.1, 0.15) is 0 Å². The third-order valence-electron chi connectivity index (χ3n) is 2.53. The molecule has 0 aliphatic heterocycles. The largest absolute Gasteiger partial charge is 0.465 e. The van der Waals surface area contributed by atoms with Gasteiger partial charge in [-0.05, 0) is 19.1 Å². The summed E-state index contributed by atoms with van der Waals surface area (Å²) in [5.74, 6) is -0.449. The standard InChI is InChI=1S/C11H12N2O3/c1-3-13-8-6-4-5-7(10(14)16-2)9(8)12-11(13)15/h4-6H,3H2,1-2H3,(H,12,15). The lowest BCUT2D eigenvalue weighted by Gasteiger charge is -2.01. The highest BCUT2D eigenvalue weighted by atomic mass is 16.5. The Kier molecular flexibility index (Phi) is 2.52. The molecule has 0 bridgehead atoms. The number of fused-ring (bicyclic) bond motifs is 1. The van der Waals surface area contributed by atoms with Crippen molar-refractivity contribution >= 4 is 17.0 Å². The quantitative estimate of drug-likeness (QED) is 0.772. The minimum Gasteiger partial charge on any atom is -0.465 e. The lowest BCUT2D eigenvalue weighted by Crippen LogP contribution is -2.14. The van der Waals surface area contributed by atoms with E-state index in [2.05, 4.69) is 9.72 Å². The van der Waals surface area contributed by atoms with E-state index in [0.29, 0.717) is 17.6 Å². The second-order valence-corrected chi connectivity index (χ2v) is 3.37. The molecule has 1 aromatic carbocycles. The van der Waals surface area contributed by atoms with E-state index in [0.717, 1.165) is 5.52 Å². The van der Waals surface area contributed by atoms with Crippen molar-refractivity contribution in [3.8, 4) is 0 Å². The zero-order chi connectivity index (χ0) is 11.7. The Morgan fingerprint density at radius 2 is 2.25 bits per heavy atom. The van der Waals surface area contributed by atoms with Crippen LogP contribution in [-0.4, -0.2) is 22.6 Å². The SMILES string of the molecule is CCn1c(=O)[nH]c2c(C(=O)OC)cccc21. The highest BCUT2D eigenvalue weighted by Crippen LogP contribution is 2.16. The van der Waals surface area contributed by atoms with Crippen molar-refractivity contribution in [1.82, 2.24) is 9.55 Å². The van der Waals surface area contributed by atoms with Crippen LogP contribution in [0.4, 0.5) is 0 Å². The Morgan fingerprint density at radius 3 is 2.88 bits per heavy atom. The maximum absolute atomic E-state index is 11.6. The van der Waals surface area contributed by atoms with Gasteiger partial charge in [-0.1, -0.05) is 6.07 Å². The molecule has 0 spiro atoms. The number of aromatic nitrogens is 2. The molecule has 84 valence electrons. The number of hydrogen-bond acceptors (Lipinski definition) is 3. The van der Waals surface area contributed by atoms with E-state index in [1.165, 1.54) is 7.11 Å². The van der Waals surface area contributed by atoms with Crippen LogP contribution in [0.25, 0.3) is 11.0 Å². The molecule has 1 heterocycles. The molecule has 0 fully saturated rings. The smallest absolute Gasteiger partial charge is 0.340 e. The van der Waals surface area contributed by atoms with Gasteiger partial charge in [0.05, 0.1) is 23.7 Å². The first kappa shape index (κ1) is 10.5. The molecule has 16 heavy (non-hydrogen) atoms. The first-order chi connectivity index (χ1) is 7.69. The van der Waals surface area contributed by atoms with Crippen LogP contribution in [0.2, 0.25) is 0 Å². The number of esters is 1. The Morgan fingerprint density at radius 1 is 1.50 bits per heavy atom. The number of carbonyl (C=O) groups excluding carboxylic acids is 1. The normalized spacial score (nSPS) is 10.6. The van der Waals surface area contributed by atoms with E-state index >= 15 is 0 Å². The lowest BCUT2D eigenvalue weighted by atomic mass is 10.2. The molecule has 0 saturated heterocycles. The monoisotopic (exact) mass is 220 g/mol. The second kappa shape index (κ2) is 3.84. The maximum atomic E-state index is 11.6. The van der Waals surface area contributed by atoms with Crippen molar-refractivity contribution in [3.05, 3.63) is 34.2 Å². The molecule has 1 N–H and O–H groups in total. The molecule has 0 saturated carbocycles. The van der Waals surface area contributed by atoms with Gasteiger partial charge in [0.25, 0.3) is 0 Å². The van der Waals surface area contributed by atoms with Gasteiger partial charge in [0.2, 0.25) is 0 Å². The average molecular weight is 220 g/mol. The Labute approximate surface area is 91.6 Å². The number of methoxy groups -OCH3 is 1. The summed E-state index contributed by atoms with van der Waals surface area (Å²) >= 11 is 0. The number of para-hydroxylation sites is 1. The molecule has 0 atom stereocenters. The fourth-order valence-corrected chi connectivity index (χ4v) is 1.77. The van der Waals surface area contributed by atoms with E-state index in [-0.39, 0.29) is 5.69 Å². The van der Waals surface area contributed by atoms with Crippen LogP contribution in [-0.2, 0) is 11.3 Å². The molecular weight excluding hydrogens is 208 g/mol. The zero-order valence-corrected chi connectivity index (χ0v) is 9.11. The molecule has 5 heteroatoms. The minimum absolute atomic E-state index is 0.214. The van der Waals surface area contributed by atoms with Crippen LogP contribution in [0.1, 0.15) is 17.3 Å². The van der Waals surface area contributed by atoms with Crippen molar-refractivity contribution in [1.29, 1.82) is 0 Å². The van der Waals surface area contributed by atoms with Gasteiger partial charge >= 0.3 is 11.7 Å².